The number of amides is 1. The molecule has 0 saturated heterocycles. The van der Waals surface area contributed by atoms with Crippen LogP contribution in [0.2, 0.25) is 5.02 Å². The number of fused-ring (bicyclic) bond motifs is 1. The first kappa shape index (κ1) is 16.3. The summed E-state index contributed by atoms with van der Waals surface area (Å²) >= 11 is 6.15. The van der Waals surface area contributed by atoms with Crippen LogP contribution in [0.3, 0.4) is 0 Å². The van der Waals surface area contributed by atoms with Gasteiger partial charge in [-0.2, -0.15) is 0 Å². The zero-order valence-electron chi connectivity index (χ0n) is 12.9. The fraction of sp³-hybridized carbons (Fsp3) is 0.222. The van der Waals surface area contributed by atoms with Crippen LogP contribution in [0.1, 0.15) is 23.2 Å². The fourth-order valence-corrected chi connectivity index (χ4v) is 2.57. The van der Waals surface area contributed by atoms with Crippen LogP contribution in [0.5, 0.6) is 11.5 Å². The minimum absolute atomic E-state index is 0.0704. The number of Topliss-reactive ketones (excluding diaryl/α,β-unsaturated/α-hetero) is 1. The molecule has 24 heavy (non-hydrogen) atoms. The molecule has 0 aromatic heterocycles. The highest BCUT2D eigenvalue weighted by atomic mass is 35.5. The summed E-state index contributed by atoms with van der Waals surface area (Å²) in [5.41, 5.74) is 1.04. The molecule has 0 fully saturated rings. The number of ether oxygens (including phenoxy) is 2. The first-order chi connectivity index (χ1) is 11.6. The van der Waals surface area contributed by atoms with E-state index >= 15 is 0 Å². The van der Waals surface area contributed by atoms with Crippen LogP contribution in [0.15, 0.2) is 42.5 Å². The molecule has 1 aliphatic rings. The van der Waals surface area contributed by atoms with Gasteiger partial charge in [-0.3, -0.25) is 9.59 Å². The second kappa shape index (κ2) is 7.36. The summed E-state index contributed by atoms with van der Waals surface area (Å²) in [7, 11) is 0. The summed E-state index contributed by atoms with van der Waals surface area (Å²) in [5, 5.41) is 3.07. The van der Waals surface area contributed by atoms with E-state index in [1.54, 1.807) is 36.4 Å². The van der Waals surface area contributed by atoms with Crippen molar-refractivity contribution in [1.82, 2.24) is 0 Å². The van der Waals surface area contributed by atoms with Crippen molar-refractivity contribution < 1.29 is 19.1 Å². The lowest BCUT2D eigenvalue weighted by molar-refractivity contribution is -0.116. The Morgan fingerprint density at radius 3 is 2.38 bits per heavy atom. The molecule has 124 valence electrons. The molecule has 5 nitrogen and oxygen atoms in total. The van der Waals surface area contributed by atoms with Crippen molar-refractivity contribution in [3.05, 3.63) is 53.1 Å². The van der Waals surface area contributed by atoms with Crippen LogP contribution < -0.4 is 14.8 Å². The molecule has 1 amide bonds. The first-order valence-corrected chi connectivity index (χ1v) is 7.98. The van der Waals surface area contributed by atoms with Gasteiger partial charge in [0, 0.05) is 30.5 Å². The van der Waals surface area contributed by atoms with E-state index in [4.69, 9.17) is 21.1 Å². The molecule has 0 radical (unpaired) electrons. The zero-order valence-corrected chi connectivity index (χ0v) is 13.6. The molecule has 0 saturated carbocycles. The van der Waals surface area contributed by atoms with E-state index in [-0.39, 0.29) is 24.5 Å². The van der Waals surface area contributed by atoms with Crippen LogP contribution in [-0.4, -0.2) is 24.9 Å². The number of carbonyl (C=O) groups excluding carboxylic acids is 2. The predicted octanol–water partition coefficient (Wildman–Crippen LogP) is 3.71. The Bertz CT molecular complexity index is 761. The van der Waals surface area contributed by atoms with E-state index in [2.05, 4.69) is 5.32 Å². The predicted molar refractivity (Wildman–Crippen MR) is 91.1 cm³/mol. The van der Waals surface area contributed by atoms with Crippen molar-refractivity contribution in [2.24, 2.45) is 0 Å². The molecule has 3 rings (SSSR count). The van der Waals surface area contributed by atoms with Crippen molar-refractivity contribution >= 4 is 29.0 Å². The maximum Gasteiger partial charge on any atom is 0.224 e. The number of carbonyl (C=O) groups is 2. The number of rotatable bonds is 5. The maximum atomic E-state index is 12.1. The molecule has 0 atom stereocenters. The van der Waals surface area contributed by atoms with Crippen molar-refractivity contribution in [3.8, 4) is 11.5 Å². The summed E-state index contributed by atoms with van der Waals surface area (Å²) in [4.78, 5) is 24.1. The molecule has 6 heteroatoms. The third-order valence-corrected chi connectivity index (χ3v) is 3.89. The second-order valence-corrected chi connectivity index (χ2v) is 5.72. The van der Waals surface area contributed by atoms with Gasteiger partial charge in [0.25, 0.3) is 0 Å². The van der Waals surface area contributed by atoms with Crippen molar-refractivity contribution in [3.63, 3.8) is 0 Å². The van der Waals surface area contributed by atoms with Gasteiger partial charge in [-0.15, -0.1) is 0 Å². The van der Waals surface area contributed by atoms with E-state index in [0.29, 0.717) is 41.0 Å². The molecule has 0 spiro atoms. The van der Waals surface area contributed by atoms with E-state index in [0.717, 1.165) is 0 Å². The highest BCUT2D eigenvalue weighted by Crippen LogP contribution is 2.37. The second-order valence-electron chi connectivity index (χ2n) is 5.31. The molecule has 0 bridgehead atoms. The molecule has 1 aliphatic heterocycles. The summed E-state index contributed by atoms with van der Waals surface area (Å²) in [5.74, 6) is 0.752. The molecular formula is C18H16ClNO4. The van der Waals surface area contributed by atoms with E-state index in [9.17, 15) is 9.59 Å². The van der Waals surface area contributed by atoms with Crippen molar-refractivity contribution in [1.29, 1.82) is 0 Å². The summed E-state index contributed by atoms with van der Waals surface area (Å²) < 4.78 is 10.9. The van der Waals surface area contributed by atoms with Gasteiger partial charge in [0.1, 0.15) is 13.2 Å². The molecule has 2 aromatic rings. The highest BCUT2D eigenvalue weighted by molar-refractivity contribution is 6.34. The lowest BCUT2D eigenvalue weighted by Gasteiger charge is -2.20. The monoisotopic (exact) mass is 345 g/mol. The number of hydrogen-bond donors (Lipinski definition) is 1. The minimum Gasteiger partial charge on any atom is -0.486 e. The Hall–Kier alpha value is -2.53. The van der Waals surface area contributed by atoms with Gasteiger partial charge in [-0.05, 0) is 0 Å². The van der Waals surface area contributed by atoms with Gasteiger partial charge in [0.15, 0.2) is 17.3 Å². The minimum atomic E-state index is -0.280. The standard InChI is InChI=1S/C18H16ClNO4/c19-13-10-16-17(24-9-8-23-16)11-14(13)20-18(22)7-6-15(21)12-4-2-1-3-5-12/h1-5,10-11H,6-9H2,(H,20,22). The zero-order chi connectivity index (χ0) is 16.9. The first-order valence-electron chi connectivity index (χ1n) is 7.61. The van der Waals surface area contributed by atoms with Crippen molar-refractivity contribution in [2.75, 3.05) is 18.5 Å². The van der Waals surface area contributed by atoms with Crippen LogP contribution in [0, 0.1) is 0 Å². The molecule has 0 aliphatic carbocycles. The molecule has 2 aromatic carbocycles. The van der Waals surface area contributed by atoms with E-state index < -0.39 is 0 Å². The Morgan fingerprint density at radius 1 is 1.00 bits per heavy atom. The average molecular weight is 346 g/mol. The third-order valence-electron chi connectivity index (χ3n) is 3.58. The third kappa shape index (κ3) is 3.86. The quantitative estimate of drug-likeness (QED) is 0.839. The SMILES string of the molecule is O=C(CCC(=O)c1ccccc1)Nc1cc2c(cc1Cl)OCCO2. The molecule has 1 heterocycles. The summed E-state index contributed by atoms with van der Waals surface area (Å²) in [6.07, 6.45) is 0.219. The number of benzene rings is 2. The summed E-state index contributed by atoms with van der Waals surface area (Å²) in [6, 6.07) is 12.1. The molecular weight excluding hydrogens is 330 g/mol. The van der Waals surface area contributed by atoms with Gasteiger partial charge < -0.3 is 14.8 Å². The smallest absolute Gasteiger partial charge is 0.224 e. The average Bonchev–Trinajstić information content (AvgIpc) is 2.61. The number of nitrogens with one attached hydrogen (secondary N) is 1. The number of halogens is 1. The van der Waals surface area contributed by atoms with Crippen LogP contribution in [0.4, 0.5) is 5.69 Å². The lowest BCUT2D eigenvalue weighted by Crippen LogP contribution is -2.17. The van der Waals surface area contributed by atoms with Gasteiger partial charge in [0.2, 0.25) is 5.91 Å². The number of ketones is 1. The van der Waals surface area contributed by atoms with Gasteiger partial charge in [0.05, 0.1) is 10.7 Å². The van der Waals surface area contributed by atoms with Crippen LogP contribution in [-0.2, 0) is 4.79 Å². The highest BCUT2D eigenvalue weighted by Gasteiger charge is 2.17. The Balaban J connectivity index is 1.60. The molecule has 0 unspecified atom stereocenters. The van der Waals surface area contributed by atoms with Gasteiger partial charge in [-0.1, -0.05) is 41.9 Å². The largest absolute Gasteiger partial charge is 0.486 e. The van der Waals surface area contributed by atoms with Gasteiger partial charge in [-0.25, -0.2) is 0 Å². The van der Waals surface area contributed by atoms with Crippen LogP contribution in [0.25, 0.3) is 0 Å². The Labute approximate surface area is 144 Å². The Morgan fingerprint density at radius 2 is 1.67 bits per heavy atom. The fourth-order valence-electron chi connectivity index (χ4n) is 2.37. The Kier molecular flexibility index (Phi) is 5.01. The maximum absolute atomic E-state index is 12.1. The van der Waals surface area contributed by atoms with Gasteiger partial charge >= 0.3 is 0 Å². The van der Waals surface area contributed by atoms with E-state index in [1.807, 2.05) is 6.07 Å². The lowest BCUT2D eigenvalue weighted by atomic mass is 10.1. The topological polar surface area (TPSA) is 64.6 Å². The summed E-state index contributed by atoms with van der Waals surface area (Å²) in [6.45, 7) is 0.921. The molecule has 1 N–H and O–H groups in total. The van der Waals surface area contributed by atoms with Crippen LogP contribution >= 0.6 is 11.6 Å². The van der Waals surface area contributed by atoms with Crippen molar-refractivity contribution in [2.45, 2.75) is 12.8 Å². The van der Waals surface area contributed by atoms with E-state index in [1.165, 1.54) is 0 Å². The number of hydrogen-bond acceptors (Lipinski definition) is 4. The number of anilines is 1. The normalized spacial score (nSPS) is 12.5.